The number of aromatic nitrogens is 2. The standard InChI is InChI=1S/C10H16N4OS/c1-11-10(15)13-8-4-2-7(3-5-8)9-14-12-6-16-9/h6-8H,2-5H2,1H3,(H2,11,13,15). The number of carbonyl (C=O) groups excluding carboxylic acids is 1. The normalized spacial score (nSPS) is 25.1. The molecule has 1 saturated carbocycles. The number of amides is 2. The number of hydrogen-bond acceptors (Lipinski definition) is 4. The van der Waals surface area contributed by atoms with Gasteiger partial charge in [0.25, 0.3) is 0 Å². The zero-order chi connectivity index (χ0) is 11.4. The molecule has 0 atom stereocenters. The van der Waals surface area contributed by atoms with Gasteiger partial charge in [-0.15, -0.1) is 21.5 Å². The summed E-state index contributed by atoms with van der Waals surface area (Å²) in [4.78, 5) is 11.1. The smallest absolute Gasteiger partial charge is 0.314 e. The Labute approximate surface area is 98.7 Å². The number of carbonyl (C=O) groups is 1. The molecule has 0 spiro atoms. The molecule has 0 aliphatic heterocycles. The summed E-state index contributed by atoms with van der Waals surface area (Å²) in [5.41, 5.74) is 1.78. The highest BCUT2D eigenvalue weighted by Crippen LogP contribution is 2.33. The van der Waals surface area contributed by atoms with Crippen molar-refractivity contribution in [2.45, 2.75) is 37.6 Å². The average molecular weight is 240 g/mol. The number of nitrogens with one attached hydrogen (secondary N) is 2. The van der Waals surface area contributed by atoms with Crippen molar-refractivity contribution >= 4 is 17.4 Å². The number of hydrogen-bond donors (Lipinski definition) is 2. The molecule has 1 aromatic heterocycles. The van der Waals surface area contributed by atoms with Crippen molar-refractivity contribution in [3.05, 3.63) is 10.5 Å². The van der Waals surface area contributed by atoms with Gasteiger partial charge in [-0.3, -0.25) is 0 Å². The minimum absolute atomic E-state index is 0.0839. The number of rotatable bonds is 2. The fourth-order valence-corrected chi connectivity index (χ4v) is 2.83. The maximum Gasteiger partial charge on any atom is 0.314 e. The summed E-state index contributed by atoms with van der Waals surface area (Å²) in [6.07, 6.45) is 4.23. The first kappa shape index (κ1) is 11.3. The van der Waals surface area contributed by atoms with Crippen LogP contribution in [-0.4, -0.2) is 29.3 Å². The Kier molecular flexibility index (Phi) is 3.71. The van der Waals surface area contributed by atoms with Gasteiger partial charge in [-0.05, 0) is 25.7 Å². The van der Waals surface area contributed by atoms with Crippen LogP contribution >= 0.6 is 11.3 Å². The van der Waals surface area contributed by atoms with Crippen LogP contribution in [0.25, 0.3) is 0 Å². The van der Waals surface area contributed by atoms with Crippen LogP contribution in [0.1, 0.15) is 36.6 Å². The van der Waals surface area contributed by atoms with Crippen molar-refractivity contribution in [1.29, 1.82) is 0 Å². The van der Waals surface area contributed by atoms with Crippen LogP contribution < -0.4 is 10.6 Å². The molecule has 1 aromatic rings. The van der Waals surface area contributed by atoms with E-state index in [2.05, 4.69) is 20.8 Å². The monoisotopic (exact) mass is 240 g/mol. The lowest BCUT2D eigenvalue weighted by Crippen LogP contribution is -2.42. The molecule has 0 bridgehead atoms. The van der Waals surface area contributed by atoms with Gasteiger partial charge in [0, 0.05) is 19.0 Å². The van der Waals surface area contributed by atoms with E-state index in [1.807, 2.05) is 0 Å². The molecule has 5 nitrogen and oxygen atoms in total. The Morgan fingerprint density at radius 1 is 1.44 bits per heavy atom. The van der Waals surface area contributed by atoms with Crippen molar-refractivity contribution < 1.29 is 4.79 Å². The van der Waals surface area contributed by atoms with E-state index < -0.39 is 0 Å². The van der Waals surface area contributed by atoms with Gasteiger partial charge in [-0.1, -0.05) is 0 Å². The van der Waals surface area contributed by atoms with Crippen LogP contribution in [0.5, 0.6) is 0 Å². The van der Waals surface area contributed by atoms with E-state index >= 15 is 0 Å². The summed E-state index contributed by atoms with van der Waals surface area (Å²) < 4.78 is 0. The van der Waals surface area contributed by atoms with Gasteiger partial charge >= 0.3 is 6.03 Å². The third-order valence-corrected chi connectivity index (χ3v) is 3.87. The first-order valence-corrected chi connectivity index (χ1v) is 6.42. The van der Waals surface area contributed by atoms with Crippen molar-refractivity contribution in [2.75, 3.05) is 7.05 Å². The SMILES string of the molecule is CNC(=O)NC1CCC(c2nncs2)CC1. The van der Waals surface area contributed by atoms with E-state index in [9.17, 15) is 4.79 Å². The topological polar surface area (TPSA) is 66.9 Å². The van der Waals surface area contributed by atoms with Crippen LogP contribution in [0.15, 0.2) is 5.51 Å². The molecule has 0 aromatic carbocycles. The first-order valence-electron chi connectivity index (χ1n) is 5.54. The third kappa shape index (κ3) is 2.69. The lowest BCUT2D eigenvalue weighted by atomic mass is 9.86. The lowest BCUT2D eigenvalue weighted by Gasteiger charge is -2.27. The van der Waals surface area contributed by atoms with E-state index in [4.69, 9.17) is 0 Å². The predicted octanol–water partition coefficient (Wildman–Crippen LogP) is 1.49. The molecule has 1 aliphatic carbocycles. The molecular weight excluding hydrogens is 224 g/mol. The largest absolute Gasteiger partial charge is 0.341 e. The summed E-state index contributed by atoms with van der Waals surface area (Å²) in [5, 5.41) is 14.6. The van der Waals surface area contributed by atoms with Gasteiger partial charge in [0.1, 0.15) is 10.5 Å². The van der Waals surface area contributed by atoms with Gasteiger partial charge in [0.15, 0.2) is 0 Å². The predicted molar refractivity (Wildman–Crippen MR) is 62.5 cm³/mol. The minimum atomic E-state index is -0.0839. The molecule has 1 heterocycles. The fraction of sp³-hybridized carbons (Fsp3) is 0.700. The molecule has 88 valence electrons. The van der Waals surface area contributed by atoms with Crippen molar-refractivity contribution in [2.24, 2.45) is 0 Å². The Bertz CT molecular complexity index is 333. The van der Waals surface area contributed by atoms with Crippen molar-refractivity contribution in [1.82, 2.24) is 20.8 Å². The molecule has 2 rings (SSSR count). The van der Waals surface area contributed by atoms with E-state index in [0.717, 1.165) is 30.7 Å². The van der Waals surface area contributed by atoms with Crippen LogP contribution in [0.4, 0.5) is 4.79 Å². The Balaban J connectivity index is 1.81. The van der Waals surface area contributed by atoms with Crippen LogP contribution in [0.2, 0.25) is 0 Å². The quantitative estimate of drug-likeness (QED) is 0.823. The maximum atomic E-state index is 11.1. The number of nitrogens with zero attached hydrogens (tertiary/aromatic N) is 2. The Morgan fingerprint density at radius 3 is 2.75 bits per heavy atom. The molecule has 2 amide bonds. The van der Waals surface area contributed by atoms with Gasteiger partial charge in [-0.2, -0.15) is 0 Å². The zero-order valence-electron chi connectivity index (χ0n) is 9.27. The van der Waals surface area contributed by atoms with Crippen LogP contribution in [-0.2, 0) is 0 Å². The van der Waals surface area contributed by atoms with Crippen molar-refractivity contribution in [3.8, 4) is 0 Å². The summed E-state index contributed by atoms with van der Waals surface area (Å²) in [6, 6.07) is 0.225. The molecule has 6 heteroatoms. The van der Waals surface area contributed by atoms with Gasteiger partial charge in [0.2, 0.25) is 0 Å². The zero-order valence-corrected chi connectivity index (χ0v) is 10.1. The van der Waals surface area contributed by atoms with E-state index in [1.165, 1.54) is 0 Å². The second-order valence-electron chi connectivity index (χ2n) is 4.05. The number of urea groups is 1. The molecule has 0 saturated heterocycles. The summed E-state index contributed by atoms with van der Waals surface area (Å²) in [7, 11) is 1.64. The average Bonchev–Trinajstić information content (AvgIpc) is 2.83. The maximum absolute atomic E-state index is 11.1. The minimum Gasteiger partial charge on any atom is -0.341 e. The van der Waals surface area contributed by atoms with Crippen LogP contribution in [0.3, 0.4) is 0 Å². The highest BCUT2D eigenvalue weighted by molar-refractivity contribution is 7.09. The molecule has 1 aliphatic rings. The highest BCUT2D eigenvalue weighted by Gasteiger charge is 2.24. The molecule has 2 N–H and O–H groups in total. The second kappa shape index (κ2) is 5.25. The molecular formula is C10H16N4OS. The first-order chi connectivity index (χ1) is 7.79. The highest BCUT2D eigenvalue weighted by atomic mass is 32.1. The fourth-order valence-electron chi connectivity index (χ4n) is 2.10. The van der Waals surface area contributed by atoms with Crippen molar-refractivity contribution in [3.63, 3.8) is 0 Å². The van der Waals surface area contributed by atoms with Gasteiger partial charge < -0.3 is 10.6 Å². The molecule has 0 radical (unpaired) electrons. The lowest BCUT2D eigenvalue weighted by molar-refractivity contribution is 0.233. The Hall–Kier alpha value is -1.17. The Morgan fingerprint density at radius 2 is 2.19 bits per heavy atom. The van der Waals surface area contributed by atoms with Gasteiger partial charge in [-0.25, -0.2) is 4.79 Å². The summed E-state index contributed by atoms with van der Waals surface area (Å²) >= 11 is 1.63. The molecule has 0 unspecified atom stereocenters. The van der Waals surface area contributed by atoms with E-state index in [-0.39, 0.29) is 6.03 Å². The summed E-state index contributed by atoms with van der Waals surface area (Å²) in [6.45, 7) is 0. The third-order valence-electron chi connectivity index (χ3n) is 3.02. The van der Waals surface area contributed by atoms with E-state index in [1.54, 1.807) is 23.9 Å². The van der Waals surface area contributed by atoms with Crippen LogP contribution in [0, 0.1) is 0 Å². The summed E-state index contributed by atoms with van der Waals surface area (Å²) in [5.74, 6) is 0.537. The molecule has 16 heavy (non-hydrogen) atoms. The second-order valence-corrected chi connectivity index (χ2v) is 4.91. The van der Waals surface area contributed by atoms with Gasteiger partial charge in [0.05, 0.1) is 0 Å². The van der Waals surface area contributed by atoms with E-state index in [0.29, 0.717) is 12.0 Å². The molecule has 1 fully saturated rings.